The molecule has 0 aliphatic heterocycles. The van der Waals surface area contributed by atoms with Crippen molar-refractivity contribution >= 4 is 12.0 Å². The maximum atomic E-state index is 10.9. The van der Waals surface area contributed by atoms with Crippen molar-refractivity contribution < 1.29 is 9.53 Å². The lowest BCUT2D eigenvalue weighted by Crippen LogP contribution is -2.03. The summed E-state index contributed by atoms with van der Waals surface area (Å²) >= 11 is 0. The Hall–Kier alpha value is -1.57. The highest BCUT2D eigenvalue weighted by Crippen LogP contribution is 2.15. The van der Waals surface area contributed by atoms with E-state index in [1.54, 1.807) is 0 Å². The maximum absolute atomic E-state index is 10.9. The first kappa shape index (κ1) is 15.5. The third-order valence-electron chi connectivity index (χ3n) is 2.89. The Bertz CT molecular complexity index is 433. The Morgan fingerprint density at radius 1 is 1.26 bits per heavy atom. The lowest BCUT2D eigenvalue weighted by molar-refractivity contribution is -0.140. The average Bonchev–Trinajstić information content (AvgIpc) is 2.37. The van der Waals surface area contributed by atoms with Crippen LogP contribution in [-0.2, 0) is 16.0 Å². The molecule has 2 nitrogen and oxygen atoms in total. The number of aryl methyl sites for hydroxylation is 1. The van der Waals surface area contributed by atoms with E-state index in [-0.39, 0.29) is 5.97 Å². The number of benzene rings is 1. The predicted octanol–water partition coefficient (Wildman–Crippen LogP) is 4.39. The molecule has 0 unspecified atom stereocenters. The van der Waals surface area contributed by atoms with E-state index >= 15 is 0 Å². The quantitative estimate of drug-likeness (QED) is 0.680. The van der Waals surface area contributed by atoms with Gasteiger partial charge in [0.1, 0.15) is 6.61 Å². The number of rotatable bonds is 7. The molecule has 0 atom stereocenters. The van der Waals surface area contributed by atoms with Gasteiger partial charge < -0.3 is 4.74 Å². The zero-order valence-corrected chi connectivity index (χ0v) is 12.2. The van der Waals surface area contributed by atoms with Gasteiger partial charge in [0.05, 0.1) is 0 Å². The van der Waals surface area contributed by atoms with Crippen molar-refractivity contribution in [2.45, 2.75) is 46.5 Å². The molecular formula is C17H24O2. The van der Waals surface area contributed by atoms with Crippen LogP contribution in [0.15, 0.2) is 29.8 Å². The molecule has 0 saturated carbocycles. The molecule has 104 valence electrons. The van der Waals surface area contributed by atoms with E-state index in [4.69, 9.17) is 4.74 Å². The van der Waals surface area contributed by atoms with E-state index in [0.717, 1.165) is 25.7 Å². The monoisotopic (exact) mass is 260 g/mol. The number of hydrogen-bond acceptors (Lipinski definition) is 2. The van der Waals surface area contributed by atoms with Crippen molar-refractivity contribution in [3.63, 3.8) is 0 Å². The molecule has 0 aromatic heterocycles. The van der Waals surface area contributed by atoms with Crippen LogP contribution in [0.2, 0.25) is 0 Å². The van der Waals surface area contributed by atoms with Crippen LogP contribution in [0.5, 0.6) is 0 Å². The minimum atomic E-state index is -0.221. The molecule has 0 aliphatic rings. The number of hydrogen-bond donors (Lipinski definition) is 0. The molecule has 0 radical (unpaired) electrons. The van der Waals surface area contributed by atoms with Crippen molar-refractivity contribution in [3.8, 4) is 0 Å². The van der Waals surface area contributed by atoms with Gasteiger partial charge in [0.2, 0.25) is 0 Å². The molecule has 19 heavy (non-hydrogen) atoms. The summed E-state index contributed by atoms with van der Waals surface area (Å²) < 4.78 is 5.10. The van der Waals surface area contributed by atoms with Gasteiger partial charge in [-0.05, 0) is 29.5 Å². The summed E-state index contributed by atoms with van der Waals surface area (Å²) in [5.41, 5.74) is 3.73. The molecule has 0 aliphatic carbocycles. The number of carbonyl (C=O) groups is 1. The molecule has 0 amide bonds. The Kier molecular flexibility index (Phi) is 6.94. The van der Waals surface area contributed by atoms with Crippen molar-refractivity contribution in [1.29, 1.82) is 0 Å². The summed E-state index contributed by atoms with van der Waals surface area (Å²) in [6.07, 6.45) is 6.43. The fourth-order valence-electron chi connectivity index (χ4n) is 2.06. The highest BCUT2D eigenvalue weighted by molar-refractivity contribution is 5.66. The van der Waals surface area contributed by atoms with Gasteiger partial charge in [0, 0.05) is 6.92 Å². The summed E-state index contributed by atoms with van der Waals surface area (Å²) in [6, 6.07) is 8.56. The molecule has 1 aromatic carbocycles. The first-order valence-corrected chi connectivity index (χ1v) is 7.07. The van der Waals surface area contributed by atoms with Gasteiger partial charge in [-0.2, -0.15) is 0 Å². The Labute approximate surface area is 116 Å². The predicted molar refractivity (Wildman–Crippen MR) is 80.0 cm³/mol. The van der Waals surface area contributed by atoms with Gasteiger partial charge >= 0.3 is 5.97 Å². The van der Waals surface area contributed by atoms with Crippen molar-refractivity contribution in [3.05, 3.63) is 41.0 Å². The molecule has 0 spiro atoms. The molecule has 0 fully saturated rings. The molecule has 0 saturated heterocycles. The van der Waals surface area contributed by atoms with E-state index in [1.165, 1.54) is 23.6 Å². The normalized spacial score (nSPS) is 11.4. The molecule has 1 aromatic rings. The molecule has 0 N–H and O–H groups in total. The molecule has 2 heteroatoms. The topological polar surface area (TPSA) is 26.3 Å². The minimum Gasteiger partial charge on any atom is -0.461 e. The average molecular weight is 260 g/mol. The second-order valence-corrected chi connectivity index (χ2v) is 4.83. The summed E-state index contributed by atoms with van der Waals surface area (Å²) in [5.74, 6) is -0.221. The van der Waals surface area contributed by atoms with E-state index < -0.39 is 0 Å². The highest BCUT2D eigenvalue weighted by atomic mass is 16.5. The Balaban J connectivity index is 2.81. The minimum absolute atomic E-state index is 0.221. The van der Waals surface area contributed by atoms with E-state index in [2.05, 4.69) is 44.2 Å². The van der Waals surface area contributed by atoms with Crippen LogP contribution in [0, 0.1) is 0 Å². The zero-order chi connectivity index (χ0) is 14.1. The van der Waals surface area contributed by atoms with Crippen molar-refractivity contribution in [2.75, 3.05) is 6.61 Å². The van der Waals surface area contributed by atoms with E-state index in [9.17, 15) is 4.79 Å². The van der Waals surface area contributed by atoms with Gasteiger partial charge in [0.25, 0.3) is 0 Å². The van der Waals surface area contributed by atoms with Crippen LogP contribution in [0.1, 0.15) is 51.2 Å². The standard InChI is InChI=1S/C17H24O2/c1-4-7-15-9-6-10-16(11-15)12-17(8-5-2)13-19-14(3)18/h6,9-12H,4-5,7-8,13H2,1-3H3/b17-12+. The molecule has 0 bridgehead atoms. The van der Waals surface area contributed by atoms with Gasteiger partial charge in [-0.3, -0.25) is 4.79 Å². The van der Waals surface area contributed by atoms with Crippen LogP contribution in [0.4, 0.5) is 0 Å². The van der Waals surface area contributed by atoms with Crippen LogP contribution >= 0.6 is 0 Å². The van der Waals surface area contributed by atoms with Crippen LogP contribution in [0.3, 0.4) is 0 Å². The SMILES string of the molecule is CCC/C(=C\c1cccc(CCC)c1)COC(C)=O. The van der Waals surface area contributed by atoms with Gasteiger partial charge in [0.15, 0.2) is 0 Å². The third kappa shape index (κ3) is 6.23. The first-order chi connectivity index (χ1) is 9.15. The second kappa shape index (κ2) is 8.52. The third-order valence-corrected chi connectivity index (χ3v) is 2.89. The summed E-state index contributed by atoms with van der Waals surface area (Å²) in [7, 11) is 0. The molecular weight excluding hydrogens is 236 g/mol. The molecule has 1 rings (SSSR count). The number of esters is 1. The van der Waals surface area contributed by atoms with Crippen molar-refractivity contribution in [2.24, 2.45) is 0 Å². The van der Waals surface area contributed by atoms with E-state index in [1.807, 2.05) is 0 Å². The Morgan fingerprint density at radius 3 is 2.68 bits per heavy atom. The van der Waals surface area contributed by atoms with Gasteiger partial charge in [-0.25, -0.2) is 0 Å². The Morgan fingerprint density at radius 2 is 2.05 bits per heavy atom. The van der Waals surface area contributed by atoms with Crippen molar-refractivity contribution in [1.82, 2.24) is 0 Å². The highest BCUT2D eigenvalue weighted by Gasteiger charge is 2.01. The fourth-order valence-corrected chi connectivity index (χ4v) is 2.06. The summed E-state index contributed by atoms with van der Waals surface area (Å²) in [6.45, 7) is 6.17. The lowest BCUT2D eigenvalue weighted by atomic mass is 10.0. The van der Waals surface area contributed by atoms with E-state index in [0.29, 0.717) is 6.61 Å². The summed E-state index contributed by atoms with van der Waals surface area (Å²) in [5, 5.41) is 0. The number of ether oxygens (including phenoxy) is 1. The van der Waals surface area contributed by atoms with Crippen LogP contribution in [0.25, 0.3) is 6.08 Å². The maximum Gasteiger partial charge on any atom is 0.302 e. The second-order valence-electron chi connectivity index (χ2n) is 4.83. The first-order valence-electron chi connectivity index (χ1n) is 7.07. The fraction of sp³-hybridized carbons (Fsp3) is 0.471. The smallest absolute Gasteiger partial charge is 0.302 e. The van der Waals surface area contributed by atoms with Gasteiger partial charge in [-0.1, -0.05) is 57.0 Å². The van der Waals surface area contributed by atoms with Crippen LogP contribution < -0.4 is 0 Å². The number of carbonyl (C=O) groups excluding carboxylic acids is 1. The largest absolute Gasteiger partial charge is 0.461 e. The summed E-state index contributed by atoms with van der Waals surface area (Å²) in [4.78, 5) is 10.9. The van der Waals surface area contributed by atoms with Gasteiger partial charge in [-0.15, -0.1) is 0 Å². The zero-order valence-electron chi connectivity index (χ0n) is 12.2. The lowest BCUT2D eigenvalue weighted by Gasteiger charge is -2.07. The molecule has 0 heterocycles. The van der Waals surface area contributed by atoms with Crippen LogP contribution in [-0.4, -0.2) is 12.6 Å².